The first kappa shape index (κ1) is 12.2. The standard InChI is InChI=1S/C13H21N3O/c1-16-9-3-5-12(16)13(17)15-8-6-11-4-2-7-14-10-11/h3,5,9,11,14H,2,4,6-8,10H2,1H3,(H,15,17). The molecule has 94 valence electrons. The number of nitrogens with zero attached hydrogens (tertiary/aromatic N) is 1. The summed E-state index contributed by atoms with van der Waals surface area (Å²) in [6, 6.07) is 3.73. The van der Waals surface area contributed by atoms with Crippen molar-refractivity contribution in [1.82, 2.24) is 15.2 Å². The fourth-order valence-electron chi connectivity index (χ4n) is 2.35. The Labute approximate surface area is 102 Å². The molecule has 1 aromatic rings. The van der Waals surface area contributed by atoms with Gasteiger partial charge in [0.2, 0.25) is 0 Å². The minimum absolute atomic E-state index is 0.0290. The van der Waals surface area contributed by atoms with E-state index in [4.69, 9.17) is 0 Å². The van der Waals surface area contributed by atoms with E-state index in [9.17, 15) is 4.79 Å². The number of hydrogen-bond acceptors (Lipinski definition) is 2. The Balaban J connectivity index is 1.71. The minimum atomic E-state index is 0.0290. The Kier molecular flexibility index (Phi) is 4.20. The smallest absolute Gasteiger partial charge is 0.267 e. The second kappa shape index (κ2) is 5.87. The molecule has 0 aliphatic carbocycles. The van der Waals surface area contributed by atoms with E-state index in [-0.39, 0.29) is 5.91 Å². The molecule has 2 rings (SSSR count). The summed E-state index contributed by atoms with van der Waals surface area (Å²) < 4.78 is 1.84. The highest BCUT2D eigenvalue weighted by molar-refractivity contribution is 5.92. The predicted octanol–water partition coefficient (Wildman–Crippen LogP) is 1.14. The molecule has 2 N–H and O–H groups in total. The Morgan fingerprint density at radius 3 is 3.18 bits per heavy atom. The topological polar surface area (TPSA) is 46.1 Å². The maximum absolute atomic E-state index is 11.8. The van der Waals surface area contributed by atoms with Crippen molar-refractivity contribution in [3.63, 3.8) is 0 Å². The number of amides is 1. The van der Waals surface area contributed by atoms with Crippen molar-refractivity contribution < 1.29 is 4.79 Å². The van der Waals surface area contributed by atoms with Gasteiger partial charge in [0.05, 0.1) is 0 Å². The van der Waals surface area contributed by atoms with Gasteiger partial charge in [-0.25, -0.2) is 0 Å². The van der Waals surface area contributed by atoms with E-state index in [1.165, 1.54) is 12.8 Å². The first-order valence-corrected chi connectivity index (χ1v) is 6.37. The van der Waals surface area contributed by atoms with Gasteiger partial charge < -0.3 is 15.2 Å². The van der Waals surface area contributed by atoms with Crippen LogP contribution in [-0.4, -0.2) is 30.1 Å². The molecule has 0 radical (unpaired) electrons. The average Bonchev–Trinajstić information content (AvgIpc) is 2.77. The van der Waals surface area contributed by atoms with Crippen molar-refractivity contribution in [3.05, 3.63) is 24.0 Å². The lowest BCUT2D eigenvalue weighted by atomic mass is 9.96. The SMILES string of the molecule is Cn1cccc1C(=O)NCCC1CCCNC1. The highest BCUT2D eigenvalue weighted by Gasteiger charge is 2.13. The van der Waals surface area contributed by atoms with Crippen LogP contribution in [0.3, 0.4) is 0 Å². The summed E-state index contributed by atoms with van der Waals surface area (Å²) in [5, 5.41) is 6.38. The van der Waals surface area contributed by atoms with Crippen LogP contribution in [0.5, 0.6) is 0 Å². The molecule has 0 aromatic carbocycles. The number of nitrogens with one attached hydrogen (secondary N) is 2. The lowest BCUT2D eigenvalue weighted by Gasteiger charge is -2.22. The van der Waals surface area contributed by atoms with Crippen LogP contribution in [0.25, 0.3) is 0 Å². The molecule has 1 aliphatic rings. The molecule has 0 saturated carbocycles. The average molecular weight is 235 g/mol. The number of aryl methyl sites for hydroxylation is 1. The zero-order valence-corrected chi connectivity index (χ0v) is 10.4. The Bertz CT molecular complexity index is 366. The minimum Gasteiger partial charge on any atom is -0.351 e. The van der Waals surface area contributed by atoms with Crippen molar-refractivity contribution >= 4 is 5.91 Å². The third kappa shape index (κ3) is 3.33. The summed E-state index contributed by atoms with van der Waals surface area (Å²) in [5.41, 5.74) is 0.728. The van der Waals surface area contributed by atoms with Crippen LogP contribution in [0.4, 0.5) is 0 Å². The first-order valence-electron chi connectivity index (χ1n) is 6.37. The van der Waals surface area contributed by atoms with E-state index in [0.717, 1.165) is 37.7 Å². The van der Waals surface area contributed by atoms with Gasteiger partial charge in [-0.15, -0.1) is 0 Å². The summed E-state index contributed by atoms with van der Waals surface area (Å²) in [6.45, 7) is 3.02. The fourth-order valence-corrected chi connectivity index (χ4v) is 2.35. The predicted molar refractivity (Wildman–Crippen MR) is 68.0 cm³/mol. The van der Waals surface area contributed by atoms with Crippen LogP contribution in [0, 0.1) is 5.92 Å². The monoisotopic (exact) mass is 235 g/mol. The molecule has 0 bridgehead atoms. The molecule has 1 fully saturated rings. The Hall–Kier alpha value is -1.29. The maximum atomic E-state index is 11.8. The molecule has 1 aromatic heterocycles. The van der Waals surface area contributed by atoms with Crippen LogP contribution >= 0.6 is 0 Å². The third-order valence-electron chi connectivity index (χ3n) is 3.41. The molecule has 1 unspecified atom stereocenters. The van der Waals surface area contributed by atoms with Gasteiger partial charge in [-0.3, -0.25) is 4.79 Å². The molecule has 1 amide bonds. The van der Waals surface area contributed by atoms with Crippen LogP contribution in [0.1, 0.15) is 29.8 Å². The van der Waals surface area contributed by atoms with Gasteiger partial charge in [-0.2, -0.15) is 0 Å². The molecule has 1 saturated heterocycles. The number of aromatic nitrogens is 1. The fraction of sp³-hybridized carbons (Fsp3) is 0.615. The summed E-state index contributed by atoms with van der Waals surface area (Å²) >= 11 is 0. The lowest BCUT2D eigenvalue weighted by Crippen LogP contribution is -2.33. The molecular weight excluding hydrogens is 214 g/mol. The van der Waals surface area contributed by atoms with Gasteiger partial charge in [0.15, 0.2) is 0 Å². The molecule has 1 aliphatic heterocycles. The van der Waals surface area contributed by atoms with Gasteiger partial charge in [0, 0.05) is 19.8 Å². The van der Waals surface area contributed by atoms with Crippen LogP contribution in [0.2, 0.25) is 0 Å². The quantitative estimate of drug-likeness (QED) is 0.822. The summed E-state index contributed by atoms with van der Waals surface area (Å²) in [7, 11) is 1.89. The van der Waals surface area contributed by atoms with E-state index in [2.05, 4.69) is 10.6 Å². The van der Waals surface area contributed by atoms with Crippen molar-refractivity contribution in [2.75, 3.05) is 19.6 Å². The zero-order chi connectivity index (χ0) is 12.1. The highest BCUT2D eigenvalue weighted by Crippen LogP contribution is 2.12. The van der Waals surface area contributed by atoms with Gasteiger partial charge >= 0.3 is 0 Å². The van der Waals surface area contributed by atoms with Crippen LogP contribution in [0.15, 0.2) is 18.3 Å². The largest absolute Gasteiger partial charge is 0.351 e. The van der Waals surface area contributed by atoms with Crippen molar-refractivity contribution in [3.8, 4) is 0 Å². The second-order valence-electron chi connectivity index (χ2n) is 4.76. The summed E-state index contributed by atoms with van der Waals surface area (Å²) in [5.74, 6) is 0.749. The van der Waals surface area contributed by atoms with E-state index in [1.54, 1.807) is 0 Å². The molecule has 17 heavy (non-hydrogen) atoms. The van der Waals surface area contributed by atoms with Gasteiger partial charge in [0.1, 0.15) is 5.69 Å². The third-order valence-corrected chi connectivity index (χ3v) is 3.41. The molecule has 1 atom stereocenters. The van der Waals surface area contributed by atoms with E-state index in [1.807, 2.05) is 29.9 Å². The zero-order valence-electron chi connectivity index (χ0n) is 10.4. The molecule has 0 spiro atoms. The van der Waals surface area contributed by atoms with E-state index in [0.29, 0.717) is 0 Å². The molecule has 4 heteroatoms. The Morgan fingerprint density at radius 1 is 1.65 bits per heavy atom. The lowest BCUT2D eigenvalue weighted by molar-refractivity contribution is 0.0942. The number of carbonyl (C=O) groups is 1. The van der Waals surface area contributed by atoms with Gasteiger partial charge in [-0.05, 0) is 50.4 Å². The molecule has 4 nitrogen and oxygen atoms in total. The van der Waals surface area contributed by atoms with E-state index < -0.39 is 0 Å². The number of piperidine rings is 1. The van der Waals surface area contributed by atoms with Crippen molar-refractivity contribution in [2.45, 2.75) is 19.3 Å². The number of hydrogen-bond donors (Lipinski definition) is 2. The normalized spacial score (nSPS) is 20.2. The first-order chi connectivity index (χ1) is 8.27. The van der Waals surface area contributed by atoms with Crippen molar-refractivity contribution in [2.24, 2.45) is 13.0 Å². The van der Waals surface area contributed by atoms with E-state index >= 15 is 0 Å². The summed E-state index contributed by atoms with van der Waals surface area (Å²) in [4.78, 5) is 11.8. The van der Waals surface area contributed by atoms with Crippen molar-refractivity contribution in [1.29, 1.82) is 0 Å². The van der Waals surface area contributed by atoms with Crippen LogP contribution in [-0.2, 0) is 7.05 Å². The highest BCUT2D eigenvalue weighted by atomic mass is 16.1. The van der Waals surface area contributed by atoms with Crippen LogP contribution < -0.4 is 10.6 Å². The Morgan fingerprint density at radius 2 is 2.53 bits per heavy atom. The number of carbonyl (C=O) groups excluding carboxylic acids is 1. The van der Waals surface area contributed by atoms with Gasteiger partial charge in [0.25, 0.3) is 5.91 Å². The molecule has 2 heterocycles. The number of rotatable bonds is 4. The maximum Gasteiger partial charge on any atom is 0.267 e. The summed E-state index contributed by atoms with van der Waals surface area (Å²) in [6.07, 6.45) is 5.51. The second-order valence-corrected chi connectivity index (χ2v) is 4.76. The molecular formula is C13H21N3O. The van der Waals surface area contributed by atoms with Gasteiger partial charge in [-0.1, -0.05) is 0 Å².